The number of hydrogen-bond acceptors (Lipinski definition) is 5. The quantitative estimate of drug-likeness (QED) is 0.833. The molecule has 0 spiro atoms. The van der Waals surface area contributed by atoms with Crippen molar-refractivity contribution in [1.82, 2.24) is 4.98 Å². The van der Waals surface area contributed by atoms with Crippen molar-refractivity contribution in [3.05, 3.63) is 36.4 Å². The molecular formula is C18H25N3O2S. The van der Waals surface area contributed by atoms with E-state index in [0.717, 1.165) is 36.0 Å². The number of hydrogen-bond donors (Lipinski definition) is 0. The maximum Gasteiger partial charge on any atom is 0.200 e. The van der Waals surface area contributed by atoms with Crippen molar-refractivity contribution in [1.29, 1.82) is 0 Å². The van der Waals surface area contributed by atoms with Crippen LogP contribution in [0, 0.1) is 0 Å². The van der Waals surface area contributed by atoms with Gasteiger partial charge in [0.1, 0.15) is 0 Å². The number of oxazole rings is 1. The van der Waals surface area contributed by atoms with Gasteiger partial charge in [-0.3, -0.25) is 0 Å². The summed E-state index contributed by atoms with van der Waals surface area (Å²) in [6, 6.07) is 8.28. The third-order valence-electron chi connectivity index (χ3n) is 4.36. The van der Waals surface area contributed by atoms with Gasteiger partial charge in [-0.2, -0.15) is 0 Å². The van der Waals surface area contributed by atoms with E-state index < -0.39 is 9.73 Å². The van der Waals surface area contributed by atoms with Gasteiger partial charge >= 0.3 is 0 Å². The molecule has 0 atom stereocenters. The summed E-state index contributed by atoms with van der Waals surface area (Å²) in [6.07, 6.45) is 1.79. The van der Waals surface area contributed by atoms with Gasteiger partial charge in [0, 0.05) is 58.0 Å². The highest BCUT2D eigenvalue weighted by atomic mass is 32.2. The second-order valence-electron chi connectivity index (χ2n) is 7.18. The minimum atomic E-state index is -1.97. The Labute approximate surface area is 144 Å². The Balaban J connectivity index is 1.75. The molecular weight excluding hydrogens is 322 g/mol. The molecule has 1 saturated heterocycles. The van der Waals surface area contributed by atoms with E-state index in [0.29, 0.717) is 11.5 Å². The molecule has 0 N–H and O–H groups in total. The van der Waals surface area contributed by atoms with Gasteiger partial charge in [-0.15, -0.1) is 0 Å². The third-order valence-corrected chi connectivity index (χ3v) is 6.66. The Morgan fingerprint density at radius 1 is 1.17 bits per heavy atom. The normalized spacial score (nSPS) is 17.8. The molecule has 130 valence electrons. The van der Waals surface area contributed by atoms with Crippen molar-refractivity contribution in [2.45, 2.75) is 26.2 Å². The van der Waals surface area contributed by atoms with E-state index >= 15 is 0 Å². The second-order valence-corrected chi connectivity index (χ2v) is 9.90. The molecule has 1 aromatic carbocycles. The van der Waals surface area contributed by atoms with Crippen molar-refractivity contribution in [2.75, 3.05) is 36.5 Å². The smallest absolute Gasteiger partial charge is 0.200 e. The molecule has 0 bridgehead atoms. The van der Waals surface area contributed by atoms with Gasteiger partial charge < -0.3 is 9.32 Å². The van der Waals surface area contributed by atoms with Gasteiger partial charge in [0.2, 0.25) is 0 Å². The van der Waals surface area contributed by atoms with Crippen molar-refractivity contribution in [2.24, 2.45) is 4.36 Å². The van der Waals surface area contributed by atoms with E-state index in [9.17, 15) is 4.21 Å². The predicted octanol–water partition coefficient (Wildman–Crippen LogP) is 3.56. The van der Waals surface area contributed by atoms with E-state index in [1.54, 1.807) is 13.2 Å². The standard InChI is InChI=1S/C18H25N3O2S/c1-18(2,3)17-20-13-16(23-17)14-5-7-15(8-6-14)21-9-11-24(22,19-4)12-10-21/h5-8,13H,9-12H2,1-4H3. The number of benzene rings is 1. The molecule has 0 radical (unpaired) electrons. The zero-order chi connectivity index (χ0) is 17.4. The van der Waals surface area contributed by atoms with Gasteiger partial charge in [0.25, 0.3) is 0 Å². The first-order chi connectivity index (χ1) is 11.3. The molecule has 0 amide bonds. The van der Waals surface area contributed by atoms with E-state index in [1.807, 2.05) is 0 Å². The largest absolute Gasteiger partial charge is 0.440 e. The van der Waals surface area contributed by atoms with E-state index in [4.69, 9.17) is 4.42 Å². The number of rotatable bonds is 2. The van der Waals surface area contributed by atoms with Crippen molar-refractivity contribution < 1.29 is 8.63 Å². The van der Waals surface area contributed by atoms with Crippen LogP contribution in [0.25, 0.3) is 11.3 Å². The summed E-state index contributed by atoms with van der Waals surface area (Å²) in [6.45, 7) is 7.83. The van der Waals surface area contributed by atoms with Crippen LogP contribution in [0.1, 0.15) is 26.7 Å². The van der Waals surface area contributed by atoms with Crippen molar-refractivity contribution in [3.8, 4) is 11.3 Å². The Morgan fingerprint density at radius 2 is 1.79 bits per heavy atom. The first-order valence-electron chi connectivity index (χ1n) is 8.23. The maximum absolute atomic E-state index is 12.3. The Hall–Kier alpha value is -1.82. The van der Waals surface area contributed by atoms with Crippen LogP contribution >= 0.6 is 0 Å². The number of anilines is 1. The molecule has 5 nitrogen and oxygen atoms in total. The Morgan fingerprint density at radius 3 is 2.29 bits per heavy atom. The lowest BCUT2D eigenvalue weighted by molar-refractivity contribution is 0.399. The van der Waals surface area contributed by atoms with Crippen LogP contribution in [0.5, 0.6) is 0 Å². The molecule has 2 aromatic rings. The van der Waals surface area contributed by atoms with Gasteiger partial charge in [-0.1, -0.05) is 20.8 Å². The summed E-state index contributed by atoms with van der Waals surface area (Å²) in [5, 5.41) is 0. The van der Waals surface area contributed by atoms with E-state index in [-0.39, 0.29) is 5.41 Å². The maximum atomic E-state index is 12.3. The summed E-state index contributed by atoms with van der Waals surface area (Å²) in [5.41, 5.74) is 2.07. The molecule has 0 unspecified atom stereocenters. The van der Waals surface area contributed by atoms with Crippen LogP contribution in [-0.2, 0) is 15.1 Å². The third kappa shape index (κ3) is 3.48. The second kappa shape index (κ2) is 6.24. The van der Waals surface area contributed by atoms with Crippen LogP contribution in [-0.4, -0.2) is 40.8 Å². The van der Waals surface area contributed by atoms with E-state index in [1.165, 1.54) is 0 Å². The monoisotopic (exact) mass is 347 g/mol. The zero-order valence-electron chi connectivity index (χ0n) is 14.8. The molecule has 3 rings (SSSR count). The molecule has 2 heterocycles. The molecule has 24 heavy (non-hydrogen) atoms. The fourth-order valence-corrected chi connectivity index (χ4v) is 4.33. The Bertz CT molecular complexity index is 811. The molecule has 1 aliphatic rings. The van der Waals surface area contributed by atoms with Crippen molar-refractivity contribution >= 4 is 15.4 Å². The van der Waals surface area contributed by atoms with Crippen LogP contribution < -0.4 is 4.90 Å². The van der Waals surface area contributed by atoms with E-state index in [2.05, 4.69) is 59.3 Å². The van der Waals surface area contributed by atoms with Gasteiger partial charge in [0.15, 0.2) is 11.7 Å². The molecule has 0 saturated carbocycles. The van der Waals surface area contributed by atoms with Crippen LogP contribution in [0.2, 0.25) is 0 Å². The minimum absolute atomic E-state index is 0.0938. The molecule has 1 aromatic heterocycles. The first-order valence-corrected chi connectivity index (χ1v) is 10.1. The van der Waals surface area contributed by atoms with Gasteiger partial charge in [-0.05, 0) is 24.3 Å². The summed E-state index contributed by atoms with van der Waals surface area (Å²) >= 11 is 0. The predicted molar refractivity (Wildman–Crippen MR) is 99.1 cm³/mol. The highest BCUT2D eigenvalue weighted by Crippen LogP contribution is 2.28. The fourth-order valence-electron chi connectivity index (χ4n) is 2.75. The lowest BCUT2D eigenvalue weighted by atomic mass is 9.97. The first kappa shape index (κ1) is 17.0. The highest BCUT2D eigenvalue weighted by molar-refractivity contribution is 7.93. The Kier molecular flexibility index (Phi) is 4.42. The summed E-state index contributed by atoms with van der Waals surface area (Å²) in [7, 11) is -0.309. The fraction of sp³-hybridized carbons (Fsp3) is 0.500. The summed E-state index contributed by atoms with van der Waals surface area (Å²) < 4.78 is 22.2. The SMILES string of the molecule is CN=S1(=O)CCN(c2ccc(-c3cnc(C(C)(C)C)o3)cc2)CC1. The van der Waals surface area contributed by atoms with Gasteiger partial charge in [-0.25, -0.2) is 13.6 Å². The highest BCUT2D eigenvalue weighted by Gasteiger charge is 2.22. The van der Waals surface area contributed by atoms with Gasteiger partial charge in [0.05, 0.1) is 6.20 Å². The number of aromatic nitrogens is 1. The average molecular weight is 347 g/mol. The zero-order valence-corrected chi connectivity index (χ0v) is 15.6. The summed E-state index contributed by atoms with van der Waals surface area (Å²) in [5.74, 6) is 2.82. The average Bonchev–Trinajstić information content (AvgIpc) is 3.06. The summed E-state index contributed by atoms with van der Waals surface area (Å²) in [4.78, 5) is 6.64. The molecule has 6 heteroatoms. The lowest BCUT2D eigenvalue weighted by Gasteiger charge is -2.30. The van der Waals surface area contributed by atoms with Crippen molar-refractivity contribution in [3.63, 3.8) is 0 Å². The van der Waals surface area contributed by atoms with Crippen LogP contribution in [0.15, 0.2) is 39.2 Å². The molecule has 0 aliphatic carbocycles. The minimum Gasteiger partial charge on any atom is -0.440 e. The molecule has 1 fully saturated rings. The lowest BCUT2D eigenvalue weighted by Crippen LogP contribution is -2.40. The van der Waals surface area contributed by atoms with Crippen LogP contribution in [0.4, 0.5) is 5.69 Å². The number of nitrogens with zero attached hydrogens (tertiary/aromatic N) is 3. The topological polar surface area (TPSA) is 58.7 Å². The molecule has 1 aliphatic heterocycles. The van der Waals surface area contributed by atoms with Crippen LogP contribution in [0.3, 0.4) is 0 Å².